The number of H-pyrrole nitrogens is 1. The Balaban J connectivity index is 1.29. The van der Waals surface area contributed by atoms with Gasteiger partial charge in [-0.25, -0.2) is 17.2 Å². The molecule has 0 radical (unpaired) electrons. The van der Waals surface area contributed by atoms with E-state index in [1.54, 1.807) is 25.3 Å². The number of nitrogens with zero attached hydrogens (tertiary/aromatic N) is 1. The van der Waals surface area contributed by atoms with Crippen molar-refractivity contribution in [2.75, 3.05) is 31.5 Å². The van der Waals surface area contributed by atoms with E-state index in [2.05, 4.69) is 20.2 Å². The molecule has 0 aliphatic rings. The molecule has 1 aromatic heterocycles. The first kappa shape index (κ1) is 25.4. The monoisotopic (exact) mass is 518 g/mol. The first-order chi connectivity index (χ1) is 17.3. The number of aliphatic hydroxyl groups excluding tert-OH is 1. The number of nitrogens with one attached hydrogen (secondary N) is 3. The first-order valence-electron chi connectivity index (χ1n) is 10.9. The zero-order chi connectivity index (χ0) is 25.7. The summed E-state index contributed by atoms with van der Waals surface area (Å²) in [6.45, 7) is 0.948. The molecule has 0 saturated carbocycles. The van der Waals surface area contributed by atoms with Crippen molar-refractivity contribution in [2.45, 2.75) is 11.0 Å². The number of halogens is 2. The Labute approximate surface area is 206 Å². The second kappa shape index (κ2) is 10.9. The van der Waals surface area contributed by atoms with Crippen molar-refractivity contribution in [3.05, 3.63) is 77.9 Å². The van der Waals surface area contributed by atoms with Crippen LogP contribution >= 0.6 is 0 Å². The second-order valence-corrected chi connectivity index (χ2v) is 9.47. The maximum Gasteiger partial charge on any atom is 0.264 e. The highest BCUT2D eigenvalue weighted by molar-refractivity contribution is 7.92. The quantitative estimate of drug-likeness (QED) is 0.224. The predicted molar refractivity (Wildman–Crippen MR) is 130 cm³/mol. The van der Waals surface area contributed by atoms with E-state index in [1.807, 2.05) is 12.1 Å². The molecule has 0 saturated heterocycles. The van der Waals surface area contributed by atoms with Gasteiger partial charge in [0.25, 0.3) is 10.0 Å². The number of aliphatic hydroxyl groups is 1. The number of anilines is 1. The summed E-state index contributed by atoms with van der Waals surface area (Å²) in [5, 5.41) is 21.3. The van der Waals surface area contributed by atoms with Gasteiger partial charge in [-0.3, -0.25) is 9.82 Å². The fourth-order valence-electron chi connectivity index (χ4n) is 3.52. The van der Waals surface area contributed by atoms with Crippen LogP contribution in [0.2, 0.25) is 0 Å². The van der Waals surface area contributed by atoms with Crippen molar-refractivity contribution < 1.29 is 31.8 Å². The van der Waals surface area contributed by atoms with Crippen LogP contribution in [0.25, 0.3) is 10.9 Å². The molecule has 3 aromatic carbocycles. The average molecular weight is 519 g/mol. The number of aromatic nitrogens is 2. The summed E-state index contributed by atoms with van der Waals surface area (Å²) in [6.07, 6.45) is -0.950. The minimum absolute atomic E-state index is 0.101. The normalized spacial score (nSPS) is 12.4. The highest BCUT2D eigenvalue weighted by atomic mass is 32.2. The largest absolute Gasteiger partial charge is 0.492 e. The van der Waals surface area contributed by atoms with Crippen molar-refractivity contribution >= 4 is 26.6 Å². The molecule has 0 bridgehead atoms. The minimum Gasteiger partial charge on any atom is -0.492 e. The number of hydrogen-bond donors (Lipinski definition) is 4. The fraction of sp³-hybridized carbons (Fsp3) is 0.208. The van der Waals surface area contributed by atoms with Gasteiger partial charge < -0.3 is 19.9 Å². The van der Waals surface area contributed by atoms with Crippen LogP contribution < -0.4 is 19.5 Å². The molecule has 12 heteroatoms. The molecular weight excluding hydrogens is 494 g/mol. The third-order valence-electron chi connectivity index (χ3n) is 5.28. The molecule has 4 N–H and O–H groups in total. The van der Waals surface area contributed by atoms with E-state index >= 15 is 0 Å². The Morgan fingerprint density at radius 1 is 1.11 bits per heavy atom. The molecule has 190 valence electrons. The van der Waals surface area contributed by atoms with E-state index < -0.39 is 32.7 Å². The summed E-state index contributed by atoms with van der Waals surface area (Å²) >= 11 is 0. The van der Waals surface area contributed by atoms with Crippen LogP contribution in [-0.4, -0.2) is 50.5 Å². The molecule has 9 nitrogen and oxygen atoms in total. The lowest BCUT2D eigenvalue weighted by atomic mass is 10.1. The van der Waals surface area contributed by atoms with E-state index in [0.29, 0.717) is 36.4 Å². The fourth-order valence-corrected chi connectivity index (χ4v) is 4.66. The maximum atomic E-state index is 13.9. The van der Waals surface area contributed by atoms with Crippen LogP contribution in [0.1, 0.15) is 11.7 Å². The molecule has 0 spiro atoms. The number of sulfonamides is 1. The SMILES string of the molecule is COc1n[nH]c2cc(OCCNC[C@H](O)c3cccc(NS(=O)(=O)c4cc(F)ccc4F)c3)ccc12. The number of fused-ring (bicyclic) bond motifs is 1. The summed E-state index contributed by atoms with van der Waals surface area (Å²) in [7, 11) is -2.82. The topological polar surface area (TPSA) is 126 Å². The van der Waals surface area contributed by atoms with Crippen LogP contribution in [0.5, 0.6) is 11.6 Å². The molecule has 4 aromatic rings. The molecule has 36 heavy (non-hydrogen) atoms. The molecule has 0 aliphatic heterocycles. The van der Waals surface area contributed by atoms with E-state index in [9.17, 15) is 22.3 Å². The van der Waals surface area contributed by atoms with Crippen molar-refractivity contribution in [3.63, 3.8) is 0 Å². The summed E-state index contributed by atoms with van der Waals surface area (Å²) in [6, 6.07) is 13.7. The zero-order valence-corrected chi connectivity index (χ0v) is 20.0. The summed E-state index contributed by atoms with van der Waals surface area (Å²) < 4.78 is 65.4. The van der Waals surface area contributed by atoms with Gasteiger partial charge in [-0.05, 0) is 48.0 Å². The standard InChI is InChI=1S/C24H24F2N4O5S/c1-34-24-19-7-6-18(13-21(19)28-29-24)35-10-9-27-14-22(31)15-3-2-4-17(11-15)30-36(32,33)23-12-16(25)5-8-20(23)26/h2-8,11-13,22,27,30-31H,9-10,14H2,1H3,(H,28,29)/t22-/m0/s1. The molecule has 0 fully saturated rings. The van der Waals surface area contributed by atoms with Crippen molar-refractivity contribution in [1.82, 2.24) is 15.5 Å². The van der Waals surface area contributed by atoms with Gasteiger partial charge in [0.1, 0.15) is 28.9 Å². The highest BCUT2D eigenvalue weighted by Gasteiger charge is 2.20. The van der Waals surface area contributed by atoms with Crippen LogP contribution in [0.15, 0.2) is 65.6 Å². The molecular formula is C24H24F2N4O5S. The Kier molecular flexibility index (Phi) is 7.67. The lowest BCUT2D eigenvalue weighted by Gasteiger charge is -2.15. The summed E-state index contributed by atoms with van der Waals surface area (Å²) in [5.74, 6) is -0.801. The van der Waals surface area contributed by atoms with Gasteiger partial charge >= 0.3 is 0 Å². The van der Waals surface area contributed by atoms with Gasteiger partial charge in [0.05, 0.1) is 24.1 Å². The van der Waals surface area contributed by atoms with Gasteiger partial charge in [0.15, 0.2) is 0 Å². The maximum absolute atomic E-state index is 13.9. The third kappa shape index (κ3) is 5.90. The van der Waals surface area contributed by atoms with Crippen LogP contribution in [-0.2, 0) is 10.0 Å². The van der Waals surface area contributed by atoms with E-state index in [-0.39, 0.29) is 12.2 Å². The average Bonchev–Trinajstić information content (AvgIpc) is 3.27. The Bertz CT molecular complexity index is 1460. The lowest BCUT2D eigenvalue weighted by molar-refractivity contribution is 0.172. The number of aromatic amines is 1. The number of hydrogen-bond acceptors (Lipinski definition) is 7. The zero-order valence-electron chi connectivity index (χ0n) is 19.2. The van der Waals surface area contributed by atoms with Gasteiger partial charge in [0, 0.05) is 24.8 Å². The van der Waals surface area contributed by atoms with Crippen LogP contribution in [0.3, 0.4) is 0 Å². The highest BCUT2D eigenvalue weighted by Crippen LogP contribution is 2.26. The van der Waals surface area contributed by atoms with Gasteiger partial charge in [-0.15, -0.1) is 5.10 Å². The van der Waals surface area contributed by atoms with Gasteiger partial charge in [-0.1, -0.05) is 12.1 Å². The van der Waals surface area contributed by atoms with Crippen molar-refractivity contribution in [1.29, 1.82) is 0 Å². The predicted octanol–water partition coefficient (Wildman–Crippen LogP) is 3.35. The van der Waals surface area contributed by atoms with Gasteiger partial charge in [0.2, 0.25) is 5.88 Å². The summed E-state index contributed by atoms with van der Waals surface area (Å²) in [5.41, 5.74) is 1.31. The molecule has 0 amide bonds. The molecule has 1 atom stereocenters. The number of benzene rings is 3. The van der Waals surface area contributed by atoms with Crippen LogP contribution in [0, 0.1) is 11.6 Å². The molecule has 1 heterocycles. The molecule has 0 unspecified atom stereocenters. The van der Waals surface area contributed by atoms with Gasteiger partial charge in [-0.2, -0.15) is 0 Å². The first-order valence-corrected chi connectivity index (χ1v) is 12.4. The molecule has 0 aliphatic carbocycles. The molecule has 4 rings (SSSR count). The Morgan fingerprint density at radius 2 is 1.94 bits per heavy atom. The van der Waals surface area contributed by atoms with E-state index in [4.69, 9.17) is 9.47 Å². The van der Waals surface area contributed by atoms with Crippen molar-refractivity contribution in [3.8, 4) is 11.6 Å². The van der Waals surface area contributed by atoms with Crippen LogP contribution in [0.4, 0.5) is 14.5 Å². The number of rotatable bonds is 11. The van der Waals surface area contributed by atoms with E-state index in [1.165, 1.54) is 12.1 Å². The number of methoxy groups -OCH3 is 1. The lowest BCUT2D eigenvalue weighted by Crippen LogP contribution is -2.26. The second-order valence-electron chi connectivity index (χ2n) is 7.81. The summed E-state index contributed by atoms with van der Waals surface area (Å²) in [4.78, 5) is -0.805. The number of ether oxygens (including phenoxy) is 2. The minimum atomic E-state index is -4.37. The third-order valence-corrected chi connectivity index (χ3v) is 6.68. The Morgan fingerprint density at radius 3 is 2.75 bits per heavy atom. The van der Waals surface area contributed by atoms with Crippen molar-refractivity contribution in [2.24, 2.45) is 0 Å². The Hall–Kier alpha value is -3.74. The smallest absolute Gasteiger partial charge is 0.264 e. The van der Waals surface area contributed by atoms with E-state index in [0.717, 1.165) is 23.0 Å².